The molecule has 0 rings (SSSR count). The van der Waals surface area contributed by atoms with E-state index >= 15 is 0 Å². The number of aldehydes is 1. The minimum Gasteiger partial charge on any atom is -0.601 e. The Morgan fingerprint density at radius 2 is 2.29 bits per heavy atom. The van der Waals surface area contributed by atoms with E-state index in [4.69, 9.17) is 6.58 Å². The smallest absolute Gasteiger partial charge is 0.601 e. The molecule has 0 spiro atoms. The van der Waals surface area contributed by atoms with Crippen LogP contribution in [0.3, 0.4) is 0 Å². The van der Waals surface area contributed by atoms with Crippen molar-refractivity contribution >= 4 is 12.5 Å². The van der Waals surface area contributed by atoms with Gasteiger partial charge in [0.2, 0.25) is 0 Å². The van der Waals surface area contributed by atoms with E-state index in [-0.39, 0.29) is 21.1 Å². The van der Waals surface area contributed by atoms with Gasteiger partial charge in [-0.3, -0.25) is 0 Å². The Kier molecular flexibility index (Phi) is 13.1. The number of rotatable bonds is 2. The molecule has 0 heterocycles. The maximum atomic E-state index is 9.28. The van der Waals surface area contributed by atoms with E-state index in [0.717, 1.165) is 6.20 Å². The van der Waals surface area contributed by atoms with Crippen LogP contribution in [0.4, 0.5) is 0 Å². The standard InChI is InChI=1S/C4H3NO.W/c1-2-5-3-4-6;/h1-2,4H;/q-2;+2. The topological polar surface area (TPSA) is 29.4 Å². The van der Waals surface area contributed by atoms with Gasteiger partial charge in [-0.2, -0.15) is 0 Å². The van der Waals surface area contributed by atoms with E-state index < -0.39 is 0 Å². The second-order valence-corrected chi connectivity index (χ2v) is 0.525. The number of aliphatic imine (C=N–C) groups is 1. The van der Waals surface area contributed by atoms with Gasteiger partial charge < -0.3 is 22.6 Å². The van der Waals surface area contributed by atoms with Crippen LogP contribution in [0.15, 0.2) is 11.2 Å². The van der Waals surface area contributed by atoms with Gasteiger partial charge in [0.05, 0.1) is 6.29 Å². The minimum absolute atomic E-state index is 0. The van der Waals surface area contributed by atoms with Crippen molar-refractivity contribution in [3.63, 3.8) is 0 Å². The average molecular weight is 265 g/mol. The molecule has 7 heavy (non-hydrogen) atoms. The third-order valence-electron chi connectivity index (χ3n) is 0.202. The van der Waals surface area contributed by atoms with Gasteiger partial charge in [0.25, 0.3) is 0 Å². The predicted octanol–water partition coefficient (Wildman–Crippen LogP) is 0.0773. The second kappa shape index (κ2) is 9.24. The summed E-state index contributed by atoms with van der Waals surface area (Å²) in [5.74, 6) is 0. The van der Waals surface area contributed by atoms with E-state index in [1.165, 1.54) is 0 Å². The first-order chi connectivity index (χ1) is 2.91. The molecule has 0 bridgehead atoms. The van der Waals surface area contributed by atoms with Crippen molar-refractivity contribution in [1.82, 2.24) is 0 Å². The zero-order chi connectivity index (χ0) is 4.83. The van der Waals surface area contributed by atoms with Crippen molar-refractivity contribution in [2.45, 2.75) is 0 Å². The number of carbonyl (C=O) groups is 1. The van der Waals surface area contributed by atoms with Crippen molar-refractivity contribution in [2.75, 3.05) is 0 Å². The largest absolute Gasteiger partial charge is 2.00 e. The van der Waals surface area contributed by atoms with Gasteiger partial charge in [-0.1, -0.05) is 0 Å². The Labute approximate surface area is 56.6 Å². The van der Waals surface area contributed by atoms with Gasteiger partial charge in [-0.25, -0.2) is 0 Å². The summed E-state index contributed by atoms with van der Waals surface area (Å²) in [6.45, 7) is 4.70. The molecule has 0 radical (unpaired) electrons. The van der Waals surface area contributed by atoms with E-state index in [1.54, 1.807) is 0 Å². The van der Waals surface area contributed by atoms with Crippen LogP contribution in [0.25, 0.3) is 0 Å². The molecule has 0 aliphatic heterocycles. The zero-order valence-electron chi connectivity index (χ0n) is 3.50. The Morgan fingerprint density at radius 3 is 2.43 bits per heavy atom. The van der Waals surface area contributed by atoms with E-state index in [2.05, 4.69) is 4.99 Å². The van der Waals surface area contributed by atoms with Crippen LogP contribution in [-0.4, -0.2) is 12.5 Å². The van der Waals surface area contributed by atoms with Crippen LogP contribution in [-0.2, 0) is 25.9 Å². The maximum absolute atomic E-state index is 9.28. The molecule has 0 amide bonds. The van der Waals surface area contributed by atoms with Crippen LogP contribution >= 0.6 is 0 Å². The number of nitrogens with zero attached hydrogens (tertiary/aromatic N) is 1. The van der Waals surface area contributed by atoms with Gasteiger partial charge in [0, 0.05) is 0 Å². The fraction of sp³-hybridized carbons (Fsp3) is 0. The molecule has 0 atom stereocenters. The molecule has 0 saturated carbocycles. The minimum atomic E-state index is 0. The summed E-state index contributed by atoms with van der Waals surface area (Å²) in [7, 11) is 0. The molecule has 0 aliphatic rings. The Hall–Kier alpha value is -0.232. The number of hydrogen-bond donors (Lipinski definition) is 0. The quantitative estimate of drug-likeness (QED) is 0.395. The molecule has 0 aliphatic carbocycles. The summed E-state index contributed by atoms with van der Waals surface area (Å²) >= 11 is 0. The van der Waals surface area contributed by atoms with E-state index in [1.807, 2.05) is 6.21 Å². The molecule has 0 saturated heterocycles. The summed E-state index contributed by atoms with van der Waals surface area (Å²) in [4.78, 5) is 12.4. The Balaban J connectivity index is 0. The Bertz CT molecular complexity index is 69.8. The van der Waals surface area contributed by atoms with Crippen LogP contribution in [0, 0.1) is 6.58 Å². The van der Waals surface area contributed by atoms with Gasteiger partial charge >= 0.3 is 21.1 Å². The van der Waals surface area contributed by atoms with E-state index in [9.17, 15) is 4.79 Å². The maximum Gasteiger partial charge on any atom is 2.00 e. The van der Waals surface area contributed by atoms with Crippen molar-refractivity contribution in [3.05, 3.63) is 12.8 Å². The summed E-state index contributed by atoms with van der Waals surface area (Å²) in [6.07, 6.45) is 3.39. The Morgan fingerprint density at radius 1 is 1.71 bits per heavy atom. The molecule has 3 heteroatoms. The fourth-order valence-corrected chi connectivity index (χ4v) is 0.0735. The van der Waals surface area contributed by atoms with Crippen molar-refractivity contribution in [2.24, 2.45) is 4.99 Å². The van der Waals surface area contributed by atoms with Gasteiger partial charge in [0.15, 0.2) is 0 Å². The number of hydrogen-bond acceptors (Lipinski definition) is 2. The summed E-state index contributed by atoms with van der Waals surface area (Å²) in [5.41, 5.74) is 0. The second-order valence-electron chi connectivity index (χ2n) is 0.525. The van der Waals surface area contributed by atoms with E-state index in [0.29, 0.717) is 6.29 Å². The molecule has 36 valence electrons. The van der Waals surface area contributed by atoms with Crippen molar-refractivity contribution in [1.29, 1.82) is 0 Å². The van der Waals surface area contributed by atoms with Gasteiger partial charge in [-0.15, -0.1) is 6.21 Å². The number of carbonyl (C=O) groups excluding carboxylic acids is 1. The first kappa shape index (κ1) is 9.90. The molecule has 2 nitrogen and oxygen atoms in total. The molecule has 0 unspecified atom stereocenters. The third kappa shape index (κ3) is 10.7. The van der Waals surface area contributed by atoms with Crippen LogP contribution in [0.2, 0.25) is 0 Å². The summed E-state index contributed by atoms with van der Waals surface area (Å²) < 4.78 is 0. The molecular weight excluding hydrogens is 262 g/mol. The van der Waals surface area contributed by atoms with Crippen molar-refractivity contribution < 1.29 is 25.9 Å². The molecule has 0 N–H and O–H groups in total. The monoisotopic (exact) mass is 265 g/mol. The third-order valence-corrected chi connectivity index (χ3v) is 0.202. The van der Waals surface area contributed by atoms with Crippen LogP contribution < -0.4 is 0 Å². The zero-order valence-corrected chi connectivity index (χ0v) is 6.43. The molecule has 0 aromatic rings. The van der Waals surface area contributed by atoms with Gasteiger partial charge in [0.1, 0.15) is 0 Å². The molecule has 0 aromatic heterocycles. The molecule has 0 aromatic carbocycles. The SMILES string of the molecule is [CH-]=CN=[C-]C=O.[W+2]. The summed E-state index contributed by atoms with van der Waals surface area (Å²) in [6, 6.07) is 0. The summed E-state index contributed by atoms with van der Waals surface area (Å²) in [5, 5.41) is 0. The first-order valence-corrected chi connectivity index (χ1v) is 1.34. The first-order valence-electron chi connectivity index (χ1n) is 1.34. The predicted molar refractivity (Wildman–Crippen MR) is 22.4 cm³/mol. The van der Waals surface area contributed by atoms with Crippen LogP contribution in [0.5, 0.6) is 0 Å². The average Bonchev–Trinajstić information content (AvgIpc) is 1.61. The normalized spacial score (nSPS) is 7.43. The van der Waals surface area contributed by atoms with Crippen LogP contribution in [0.1, 0.15) is 0 Å². The van der Waals surface area contributed by atoms with Crippen molar-refractivity contribution in [3.8, 4) is 0 Å². The fourth-order valence-electron chi connectivity index (χ4n) is 0.0735. The molecular formula is C4H3NOW. The van der Waals surface area contributed by atoms with Gasteiger partial charge in [-0.05, 0) is 0 Å². The molecule has 0 fully saturated rings.